The molecule has 0 saturated carbocycles. The van der Waals surface area contributed by atoms with E-state index in [1.54, 1.807) is 18.2 Å². The van der Waals surface area contributed by atoms with E-state index in [-0.39, 0.29) is 23.4 Å². The molecule has 0 aliphatic rings. The SMILES string of the molecule is COC(=O)c1ccccc1NC(=O)/C(C#N)=C\NCCCCCO. The summed E-state index contributed by atoms with van der Waals surface area (Å²) in [6, 6.07) is 8.21. The highest BCUT2D eigenvalue weighted by atomic mass is 16.5. The van der Waals surface area contributed by atoms with Crippen molar-refractivity contribution in [1.29, 1.82) is 5.26 Å². The number of nitriles is 1. The van der Waals surface area contributed by atoms with Gasteiger partial charge in [0.2, 0.25) is 0 Å². The first-order valence-electron chi connectivity index (χ1n) is 7.57. The molecule has 7 heteroatoms. The summed E-state index contributed by atoms with van der Waals surface area (Å²) < 4.78 is 4.66. The number of rotatable bonds is 9. The maximum absolute atomic E-state index is 12.1. The second kappa shape index (κ2) is 10.8. The molecular weight excluding hydrogens is 310 g/mol. The van der Waals surface area contributed by atoms with Crippen LogP contribution in [-0.2, 0) is 9.53 Å². The molecule has 3 N–H and O–H groups in total. The van der Waals surface area contributed by atoms with Gasteiger partial charge in [0.1, 0.15) is 11.6 Å². The monoisotopic (exact) mass is 331 g/mol. The molecule has 0 atom stereocenters. The van der Waals surface area contributed by atoms with Crippen molar-refractivity contribution in [1.82, 2.24) is 5.32 Å². The van der Waals surface area contributed by atoms with Crippen molar-refractivity contribution in [3.63, 3.8) is 0 Å². The molecule has 24 heavy (non-hydrogen) atoms. The van der Waals surface area contributed by atoms with Crippen molar-refractivity contribution in [3.05, 3.63) is 41.6 Å². The molecule has 0 aliphatic carbocycles. The van der Waals surface area contributed by atoms with Gasteiger partial charge in [-0.05, 0) is 31.4 Å². The zero-order chi connectivity index (χ0) is 17.8. The van der Waals surface area contributed by atoms with Crippen molar-refractivity contribution in [2.24, 2.45) is 0 Å². The summed E-state index contributed by atoms with van der Waals surface area (Å²) >= 11 is 0. The summed E-state index contributed by atoms with van der Waals surface area (Å²) in [4.78, 5) is 23.8. The fourth-order valence-corrected chi connectivity index (χ4v) is 1.91. The van der Waals surface area contributed by atoms with Gasteiger partial charge in [-0.25, -0.2) is 4.79 Å². The second-order valence-electron chi connectivity index (χ2n) is 4.90. The number of hydrogen-bond donors (Lipinski definition) is 3. The van der Waals surface area contributed by atoms with E-state index in [9.17, 15) is 9.59 Å². The van der Waals surface area contributed by atoms with E-state index < -0.39 is 11.9 Å². The summed E-state index contributed by atoms with van der Waals surface area (Å²) in [5.74, 6) is -1.19. The fourth-order valence-electron chi connectivity index (χ4n) is 1.91. The van der Waals surface area contributed by atoms with Gasteiger partial charge in [0.25, 0.3) is 5.91 Å². The third kappa shape index (κ3) is 6.10. The minimum Gasteiger partial charge on any atom is -0.465 e. The normalized spacial score (nSPS) is 10.6. The lowest BCUT2D eigenvalue weighted by atomic mass is 10.1. The van der Waals surface area contributed by atoms with Crippen LogP contribution in [0.25, 0.3) is 0 Å². The van der Waals surface area contributed by atoms with Crippen molar-refractivity contribution in [2.45, 2.75) is 19.3 Å². The number of aliphatic hydroxyl groups excluding tert-OH is 1. The van der Waals surface area contributed by atoms with E-state index in [2.05, 4.69) is 15.4 Å². The molecule has 128 valence electrons. The van der Waals surface area contributed by atoms with Crippen LogP contribution in [0.5, 0.6) is 0 Å². The Morgan fingerprint density at radius 1 is 1.29 bits per heavy atom. The minimum absolute atomic E-state index is 0.100. The number of methoxy groups -OCH3 is 1. The maximum Gasteiger partial charge on any atom is 0.339 e. The van der Waals surface area contributed by atoms with Gasteiger partial charge in [-0.3, -0.25) is 4.79 Å². The van der Waals surface area contributed by atoms with E-state index in [0.29, 0.717) is 6.54 Å². The zero-order valence-electron chi connectivity index (χ0n) is 13.5. The minimum atomic E-state index is -0.614. The molecule has 0 radical (unpaired) electrons. The Morgan fingerprint density at radius 3 is 2.71 bits per heavy atom. The van der Waals surface area contributed by atoms with Crippen molar-refractivity contribution < 1.29 is 19.4 Å². The average Bonchev–Trinajstić information content (AvgIpc) is 2.60. The van der Waals surface area contributed by atoms with Crippen LogP contribution in [0.1, 0.15) is 29.6 Å². The van der Waals surface area contributed by atoms with Gasteiger partial charge >= 0.3 is 5.97 Å². The van der Waals surface area contributed by atoms with Gasteiger partial charge in [-0.15, -0.1) is 0 Å². The van der Waals surface area contributed by atoms with Gasteiger partial charge in [0, 0.05) is 19.4 Å². The molecule has 0 heterocycles. The first-order chi connectivity index (χ1) is 11.6. The van der Waals surface area contributed by atoms with E-state index in [1.807, 2.05) is 6.07 Å². The van der Waals surface area contributed by atoms with Gasteiger partial charge in [0.15, 0.2) is 0 Å². The highest BCUT2D eigenvalue weighted by molar-refractivity contribution is 6.09. The predicted octanol–water partition coefficient (Wildman–Crippen LogP) is 1.57. The highest BCUT2D eigenvalue weighted by Crippen LogP contribution is 2.16. The predicted molar refractivity (Wildman–Crippen MR) is 89.0 cm³/mol. The topological polar surface area (TPSA) is 111 Å². The molecule has 0 aliphatic heterocycles. The zero-order valence-corrected chi connectivity index (χ0v) is 13.5. The number of nitrogens with one attached hydrogen (secondary N) is 2. The van der Waals surface area contributed by atoms with Crippen LogP contribution >= 0.6 is 0 Å². The van der Waals surface area contributed by atoms with Crippen LogP contribution in [0.4, 0.5) is 5.69 Å². The molecule has 1 aromatic carbocycles. The third-order valence-corrected chi connectivity index (χ3v) is 3.17. The number of benzene rings is 1. The van der Waals surface area contributed by atoms with Gasteiger partial charge in [-0.1, -0.05) is 12.1 Å². The van der Waals surface area contributed by atoms with Crippen LogP contribution < -0.4 is 10.6 Å². The standard InChI is InChI=1S/C17H21N3O4/c1-24-17(23)14-7-3-4-8-15(14)20-16(22)13(11-18)12-19-9-5-2-6-10-21/h3-4,7-8,12,19,21H,2,5-6,9-10H2,1H3,(H,20,22)/b13-12-. The quantitative estimate of drug-likeness (QED) is 0.274. The molecule has 0 fully saturated rings. The number of esters is 1. The summed E-state index contributed by atoms with van der Waals surface area (Å²) in [6.45, 7) is 0.749. The first-order valence-corrected chi connectivity index (χ1v) is 7.57. The number of carbonyl (C=O) groups excluding carboxylic acids is 2. The molecule has 0 spiro atoms. The van der Waals surface area contributed by atoms with Crippen LogP contribution in [0.2, 0.25) is 0 Å². The van der Waals surface area contributed by atoms with E-state index in [1.165, 1.54) is 19.4 Å². The Hall–Kier alpha value is -2.85. The lowest BCUT2D eigenvalue weighted by Gasteiger charge is -2.09. The van der Waals surface area contributed by atoms with Crippen LogP contribution in [-0.4, -0.2) is 37.2 Å². The van der Waals surface area contributed by atoms with Crippen molar-refractivity contribution in [2.75, 3.05) is 25.6 Å². The number of unbranched alkanes of at least 4 members (excludes halogenated alkanes) is 2. The third-order valence-electron chi connectivity index (χ3n) is 3.17. The molecule has 0 aromatic heterocycles. The lowest BCUT2D eigenvalue weighted by Crippen LogP contribution is -2.19. The Labute approximate surface area is 140 Å². The Kier molecular flexibility index (Phi) is 8.64. The smallest absolute Gasteiger partial charge is 0.339 e. The molecule has 0 bridgehead atoms. The van der Waals surface area contributed by atoms with Crippen LogP contribution in [0.3, 0.4) is 0 Å². The number of nitrogens with zero attached hydrogens (tertiary/aromatic N) is 1. The van der Waals surface area contributed by atoms with Gasteiger partial charge < -0.3 is 20.5 Å². The molecular formula is C17H21N3O4. The summed E-state index contributed by atoms with van der Waals surface area (Å²) in [5, 5.41) is 23.2. The molecule has 1 rings (SSSR count). The second-order valence-corrected chi connectivity index (χ2v) is 4.90. The number of hydrogen-bond acceptors (Lipinski definition) is 6. The van der Waals surface area contributed by atoms with Gasteiger partial charge in [-0.2, -0.15) is 5.26 Å². The molecule has 1 amide bonds. The number of anilines is 1. The molecule has 0 unspecified atom stereocenters. The number of ether oxygens (including phenoxy) is 1. The highest BCUT2D eigenvalue weighted by Gasteiger charge is 2.15. The summed E-state index contributed by atoms with van der Waals surface area (Å²) in [7, 11) is 1.25. The van der Waals surface area contributed by atoms with Gasteiger partial charge in [0.05, 0.1) is 18.4 Å². The van der Waals surface area contributed by atoms with Crippen molar-refractivity contribution >= 4 is 17.6 Å². The van der Waals surface area contributed by atoms with E-state index in [0.717, 1.165) is 19.3 Å². The first kappa shape index (κ1) is 19.2. The Morgan fingerprint density at radius 2 is 2.04 bits per heavy atom. The maximum atomic E-state index is 12.1. The van der Waals surface area contributed by atoms with Crippen LogP contribution in [0.15, 0.2) is 36.0 Å². The lowest BCUT2D eigenvalue weighted by molar-refractivity contribution is -0.112. The van der Waals surface area contributed by atoms with Crippen LogP contribution in [0, 0.1) is 11.3 Å². The number of aliphatic hydroxyl groups is 1. The Bertz CT molecular complexity index is 635. The number of amides is 1. The Balaban J connectivity index is 2.68. The largest absolute Gasteiger partial charge is 0.465 e. The number of para-hydroxylation sites is 1. The average molecular weight is 331 g/mol. The van der Waals surface area contributed by atoms with E-state index in [4.69, 9.17) is 10.4 Å². The summed E-state index contributed by atoms with van der Waals surface area (Å²) in [5.41, 5.74) is 0.387. The molecule has 0 saturated heterocycles. The number of carbonyl (C=O) groups is 2. The summed E-state index contributed by atoms with van der Waals surface area (Å²) in [6.07, 6.45) is 3.75. The molecule has 7 nitrogen and oxygen atoms in total. The van der Waals surface area contributed by atoms with Crippen molar-refractivity contribution in [3.8, 4) is 6.07 Å². The fraction of sp³-hybridized carbons (Fsp3) is 0.353. The molecule has 1 aromatic rings. The van der Waals surface area contributed by atoms with E-state index >= 15 is 0 Å².